The molecule has 1 aliphatic rings. The average Bonchev–Trinajstić information content (AvgIpc) is 2.70. The number of anilines is 1. The Labute approximate surface area is 122 Å². The molecule has 1 fully saturated rings. The third kappa shape index (κ3) is 3.94. The van der Waals surface area contributed by atoms with Crippen molar-refractivity contribution in [1.82, 2.24) is 5.32 Å². The fourth-order valence-corrected chi connectivity index (χ4v) is 2.63. The van der Waals surface area contributed by atoms with Gasteiger partial charge in [-0.1, -0.05) is 12.8 Å². The first-order chi connectivity index (χ1) is 9.20. The van der Waals surface area contributed by atoms with Crippen LogP contribution in [0.15, 0.2) is 22.7 Å². The van der Waals surface area contributed by atoms with E-state index >= 15 is 0 Å². The number of nitrogens with one attached hydrogen (secondary N) is 2. The minimum absolute atomic E-state index is 0.0336. The maximum atomic E-state index is 12.2. The van der Waals surface area contributed by atoms with Gasteiger partial charge in [0.05, 0.1) is 17.6 Å². The summed E-state index contributed by atoms with van der Waals surface area (Å²) in [6.45, 7) is 0.918. The van der Waals surface area contributed by atoms with Gasteiger partial charge >= 0.3 is 0 Å². The van der Waals surface area contributed by atoms with Crippen molar-refractivity contribution in [2.75, 3.05) is 19.0 Å². The second-order valence-corrected chi connectivity index (χ2v) is 5.55. The molecule has 1 aliphatic heterocycles. The zero-order valence-electron chi connectivity index (χ0n) is 11.0. The number of halogens is 1. The van der Waals surface area contributed by atoms with E-state index in [2.05, 4.69) is 26.6 Å². The number of amides is 1. The summed E-state index contributed by atoms with van der Waals surface area (Å²) >= 11 is 3.39. The van der Waals surface area contributed by atoms with Crippen LogP contribution in [0.4, 0.5) is 5.69 Å². The molecule has 1 unspecified atom stereocenters. The number of rotatable bonds is 3. The number of benzene rings is 1. The van der Waals surface area contributed by atoms with E-state index in [1.807, 2.05) is 18.2 Å². The summed E-state index contributed by atoms with van der Waals surface area (Å²) in [4.78, 5) is 12.2. The molecular formula is C14H19BrN2O2. The molecule has 5 heteroatoms. The summed E-state index contributed by atoms with van der Waals surface area (Å²) in [7, 11) is 1.61. The van der Waals surface area contributed by atoms with Crippen LogP contribution in [0.1, 0.15) is 25.7 Å². The van der Waals surface area contributed by atoms with E-state index in [-0.39, 0.29) is 11.9 Å². The van der Waals surface area contributed by atoms with Gasteiger partial charge in [0.15, 0.2) is 0 Å². The number of hydrogen-bond acceptors (Lipinski definition) is 3. The van der Waals surface area contributed by atoms with Crippen LogP contribution in [0, 0.1) is 0 Å². The molecule has 0 radical (unpaired) electrons. The summed E-state index contributed by atoms with van der Waals surface area (Å²) in [6.07, 6.45) is 4.35. The molecule has 0 saturated carbocycles. The summed E-state index contributed by atoms with van der Waals surface area (Å²) < 4.78 is 6.09. The fourth-order valence-electron chi connectivity index (χ4n) is 2.22. The van der Waals surface area contributed by atoms with Gasteiger partial charge in [0.1, 0.15) is 5.75 Å². The maximum Gasteiger partial charge on any atom is 0.241 e. The first-order valence-electron chi connectivity index (χ1n) is 6.58. The molecule has 19 heavy (non-hydrogen) atoms. The van der Waals surface area contributed by atoms with E-state index in [1.54, 1.807) is 7.11 Å². The molecule has 1 amide bonds. The van der Waals surface area contributed by atoms with Crippen LogP contribution >= 0.6 is 15.9 Å². The highest BCUT2D eigenvalue weighted by molar-refractivity contribution is 9.10. The van der Waals surface area contributed by atoms with Crippen LogP contribution in [0.2, 0.25) is 0 Å². The Bertz CT molecular complexity index is 443. The molecule has 2 rings (SSSR count). The van der Waals surface area contributed by atoms with Gasteiger partial charge in [-0.25, -0.2) is 0 Å². The third-order valence-corrected chi connectivity index (χ3v) is 3.95. The first-order valence-corrected chi connectivity index (χ1v) is 7.38. The largest absolute Gasteiger partial charge is 0.495 e. The predicted octanol–water partition coefficient (Wildman–Crippen LogP) is 2.93. The summed E-state index contributed by atoms with van der Waals surface area (Å²) in [6, 6.07) is 5.46. The maximum absolute atomic E-state index is 12.2. The van der Waals surface area contributed by atoms with Crippen molar-refractivity contribution in [2.24, 2.45) is 0 Å². The smallest absolute Gasteiger partial charge is 0.241 e. The lowest BCUT2D eigenvalue weighted by Crippen LogP contribution is -2.39. The van der Waals surface area contributed by atoms with Gasteiger partial charge in [0.2, 0.25) is 5.91 Å². The molecule has 1 heterocycles. The number of hydrogen-bond donors (Lipinski definition) is 2. The van der Waals surface area contributed by atoms with Crippen molar-refractivity contribution in [1.29, 1.82) is 0 Å². The van der Waals surface area contributed by atoms with Crippen molar-refractivity contribution < 1.29 is 9.53 Å². The van der Waals surface area contributed by atoms with E-state index in [0.717, 1.165) is 36.0 Å². The average molecular weight is 327 g/mol. The minimum Gasteiger partial charge on any atom is -0.495 e. The molecule has 4 nitrogen and oxygen atoms in total. The van der Waals surface area contributed by atoms with Gasteiger partial charge in [-0.3, -0.25) is 4.79 Å². The lowest BCUT2D eigenvalue weighted by Gasteiger charge is -2.16. The third-order valence-electron chi connectivity index (χ3n) is 3.30. The van der Waals surface area contributed by atoms with Crippen LogP contribution in [0.25, 0.3) is 0 Å². The van der Waals surface area contributed by atoms with E-state index in [4.69, 9.17) is 4.74 Å². The SMILES string of the molecule is COc1cc(NC(=O)C2CCCCCN2)ccc1Br. The highest BCUT2D eigenvalue weighted by Crippen LogP contribution is 2.28. The van der Waals surface area contributed by atoms with Gasteiger partial charge in [0, 0.05) is 11.8 Å². The monoisotopic (exact) mass is 326 g/mol. The number of carbonyl (C=O) groups excluding carboxylic acids is 1. The molecule has 104 valence electrons. The summed E-state index contributed by atoms with van der Waals surface area (Å²) in [5.41, 5.74) is 0.760. The molecule has 0 spiro atoms. The predicted molar refractivity (Wildman–Crippen MR) is 79.6 cm³/mol. The van der Waals surface area contributed by atoms with Crippen molar-refractivity contribution in [3.05, 3.63) is 22.7 Å². The van der Waals surface area contributed by atoms with Crippen molar-refractivity contribution >= 4 is 27.5 Å². The summed E-state index contributed by atoms with van der Waals surface area (Å²) in [5.74, 6) is 0.748. The molecule has 0 bridgehead atoms. The van der Waals surface area contributed by atoms with Crippen molar-refractivity contribution in [3.63, 3.8) is 0 Å². The molecule has 0 aromatic heterocycles. The number of ether oxygens (including phenoxy) is 1. The van der Waals surface area contributed by atoms with Crippen LogP contribution in [0.3, 0.4) is 0 Å². The molecule has 0 aliphatic carbocycles. The lowest BCUT2D eigenvalue weighted by molar-refractivity contribution is -0.118. The quantitative estimate of drug-likeness (QED) is 0.897. The lowest BCUT2D eigenvalue weighted by atomic mass is 10.1. The van der Waals surface area contributed by atoms with Gasteiger partial charge in [-0.15, -0.1) is 0 Å². The Kier molecular flexibility index (Phi) is 5.22. The van der Waals surface area contributed by atoms with Gasteiger partial charge in [-0.05, 0) is 47.4 Å². The Morgan fingerprint density at radius 3 is 3.05 bits per heavy atom. The van der Waals surface area contributed by atoms with Crippen molar-refractivity contribution in [2.45, 2.75) is 31.7 Å². The van der Waals surface area contributed by atoms with E-state index in [1.165, 1.54) is 6.42 Å². The molecule has 1 aromatic carbocycles. The fraction of sp³-hybridized carbons (Fsp3) is 0.500. The molecule has 1 atom stereocenters. The van der Waals surface area contributed by atoms with Crippen LogP contribution in [-0.2, 0) is 4.79 Å². The molecule has 2 N–H and O–H groups in total. The van der Waals surface area contributed by atoms with Crippen LogP contribution in [-0.4, -0.2) is 25.6 Å². The topological polar surface area (TPSA) is 50.4 Å². The number of carbonyl (C=O) groups is 1. The van der Waals surface area contributed by atoms with E-state index < -0.39 is 0 Å². The molecular weight excluding hydrogens is 308 g/mol. The Hall–Kier alpha value is -1.07. The second-order valence-electron chi connectivity index (χ2n) is 4.69. The standard InChI is InChI=1S/C14H19BrN2O2/c1-19-13-9-10(6-7-11(13)15)17-14(18)12-5-3-2-4-8-16-12/h6-7,9,12,16H,2-5,8H2,1H3,(H,17,18). The number of methoxy groups -OCH3 is 1. The van der Waals surface area contributed by atoms with Crippen molar-refractivity contribution in [3.8, 4) is 5.75 Å². The van der Waals surface area contributed by atoms with Gasteiger partial charge < -0.3 is 15.4 Å². The normalized spacial score (nSPS) is 19.6. The minimum atomic E-state index is -0.0860. The molecule has 1 aromatic rings. The highest BCUT2D eigenvalue weighted by Gasteiger charge is 2.19. The summed E-state index contributed by atoms with van der Waals surface area (Å²) in [5, 5.41) is 6.23. The van der Waals surface area contributed by atoms with E-state index in [9.17, 15) is 4.79 Å². The first kappa shape index (κ1) is 14.3. The van der Waals surface area contributed by atoms with Gasteiger partial charge in [0.25, 0.3) is 0 Å². The van der Waals surface area contributed by atoms with Crippen LogP contribution < -0.4 is 15.4 Å². The van der Waals surface area contributed by atoms with Gasteiger partial charge in [-0.2, -0.15) is 0 Å². The Morgan fingerprint density at radius 1 is 1.42 bits per heavy atom. The highest BCUT2D eigenvalue weighted by atomic mass is 79.9. The second kappa shape index (κ2) is 6.91. The Balaban J connectivity index is 2.01. The zero-order chi connectivity index (χ0) is 13.7. The Morgan fingerprint density at radius 2 is 2.26 bits per heavy atom. The van der Waals surface area contributed by atoms with Crippen LogP contribution in [0.5, 0.6) is 5.75 Å². The molecule has 1 saturated heterocycles. The van der Waals surface area contributed by atoms with E-state index in [0.29, 0.717) is 5.75 Å². The zero-order valence-corrected chi connectivity index (χ0v) is 12.6.